The van der Waals surface area contributed by atoms with Crippen LogP contribution in [0.3, 0.4) is 0 Å². The summed E-state index contributed by atoms with van der Waals surface area (Å²) in [4.78, 5) is 0. The molecule has 4 heteroatoms. The van der Waals surface area contributed by atoms with Crippen LogP contribution in [0.2, 0.25) is 0 Å². The summed E-state index contributed by atoms with van der Waals surface area (Å²) in [7, 11) is 0. The van der Waals surface area contributed by atoms with E-state index in [1.165, 1.54) is 0 Å². The number of hydrogen-bond donors (Lipinski definition) is 1. The molecule has 2 N–H and O–H groups in total. The molecule has 17 heavy (non-hydrogen) atoms. The topological polar surface area (TPSA) is 44.5 Å². The van der Waals surface area contributed by atoms with Gasteiger partial charge in [-0.2, -0.15) is 0 Å². The van der Waals surface area contributed by atoms with Crippen molar-refractivity contribution in [2.24, 2.45) is 5.73 Å². The Morgan fingerprint density at radius 2 is 2.18 bits per heavy atom. The van der Waals surface area contributed by atoms with Gasteiger partial charge >= 0.3 is 0 Å². The van der Waals surface area contributed by atoms with Crippen molar-refractivity contribution in [3.05, 3.63) is 28.7 Å². The summed E-state index contributed by atoms with van der Waals surface area (Å²) >= 11 is 3.41. The first-order valence-electron chi connectivity index (χ1n) is 5.99. The summed E-state index contributed by atoms with van der Waals surface area (Å²) in [5.74, 6) is 0.867. The van der Waals surface area contributed by atoms with Crippen molar-refractivity contribution in [2.75, 3.05) is 13.2 Å². The normalized spacial score (nSPS) is 23.9. The number of benzene rings is 1. The SMILES string of the molecule is NC1CCC(OCCOc2cccc(Br)c2)C1. The van der Waals surface area contributed by atoms with E-state index in [0.717, 1.165) is 29.5 Å². The molecule has 94 valence electrons. The molecule has 1 saturated carbocycles. The first-order valence-corrected chi connectivity index (χ1v) is 6.79. The Morgan fingerprint density at radius 1 is 1.29 bits per heavy atom. The van der Waals surface area contributed by atoms with E-state index in [4.69, 9.17) is 15.2 Å². The van der Waals surface area contributed by atoms with Crippen molar-refractivity contribution >= 4 is 15.9 Å². The summed E-state index contributed by atoms with van der Waals surface area (Å²) in [5, 5.41) is 0. The third kappa shape index (κ3) is 4.30. The van der Waals surface area contributed by atoms with Gasteiger partial charge in [0.15, 0.2) is 0 Å². The van der Waals surface area contributed by atoms with Crippen LogP contribution in [0.4, 0.5) is 0 Å². The zero-order valence-corrected chi connectivity index (χ0v) is 11.4. The predicted octanol–water partition coefficient (Wildman–Crippen LogP) is 2.72. The Kier molecular flexibility index (Phi) is 4.83. The maximum absolute atomic E-state index is 5.82. The highest BCUT2D eigenvalue weighted by molar-refractivity contribution is 9.10. The number of halogens is 1. The van der Waals surface area contributed by atoms with Crippen molar-refractivity contribution in [1.82, 2.24) is 0 Å². The molecular weight excluding hydrogens is 282 g/mol. The second-order valence-corrected chi connectivity index (χ2v) is 5.29. The van der Waals surface area contributed by atoms with E-state index < -0.39 is 0 Å². The highest BCUT2D eigenvalue weighted by Crippen LogP contribution is 2.20. The van der Waals surface area contributed by atoms with Gasteiger partial charge in [-0.15, -0.1) is 0 Å². The second-order valence-electron chi connectivity index (χ2n) is 4.37. The summed E-state index contributed by atoms with van der Waals surface area (Å²) in [6.45, 7) is 1.21. The minimum absolute atomic E-state index is 0.325. The van der Waals surface area contributed by atoms with E-state index in [9.17, 15) is 0 Å². The van der Waals surface area contributed by atoms with Crippen LogP contribution in [-0.2, 0) is 4.74 Å². The molecule has 0 spiro atoms. The molecule has 0 saturated heterocycles. The summed E-state index contributed by atoms with van der Waals surface area (Å²) < 4.78 is 12.3. The van der Waals surface area contributed by atoms with Crippen LogP contribution < -0.4 is 10.5 Å². The van der Waals surface area contributed by atoms with Crippen molar-refractivity contribution in [1.29, 1.82) is 0 Å². The molecule has 2 unspecified atom stereocenters. The lowest BCUT2D eigenvalue weighted by molar-refractivity contribution is 0.0375. The Hall–Kier alpha value is -0.580. The number of nitrogens with two attached hydrogens (primary N) is 1. The molecule has 0 aromatic heterocycles. The Labute approximate surface area is 110 Å². The van der Waals surface area contributed by atoms with Crippen LogP contribution in [-0.4, -0.2) is 25.4 Å². The van der Waals surface area contributed by atoms with Gasteiger partial charge in [-0.3, -0.25) is 0 Å². The first-order chi connectivity index (χ1) is 8.24. The minimum Gasteiger partial charge on any atom is -0.491 e. The lowest BCUT2D eigenvalue weighted by Crippen LogP contribution is -2.19. The average molecular weight is 300 g/mol. The molecule has 1 fully saturated rings. The fourth-order valence-electron chi connectivity index (χ4n) is 2.06. The van der Waals surface area contributed by atoms with Gasteiger partial charge in [0.05, 0.1) is 12.7 Å². The average Bonchev–Trinajstić information content (AvgIpc) is 2.71. The maximum atomic E-state index is 5.82. The van der Waals surface area contributed by atoms with E-state index in [-0.39, 0.29) is 0 Å². The lowest BCUT2D eigenvalue weighted by atomic mass is 10.3. The molecule has 0 aliphatic heterocycles. The van der Waals surface area contributed by atoms with Crippen molar-refractivity contribution < 1.29 is 9.47 Å². The summed E-state index contributed by atoms with van der Waals surface area (Å²) in [6.07, 6.45) is 3.47. The van der Waals surface area contributed by atoms with Gasteiger partial charge in [-0.25, -0.2) is 0 Å². The monoisotopic (exact) mass is 299 g/mol. The molecule has 1 aromatic carbocycles. The van der Waals surface area contributed by atoms with Gasteiger partial charge in [0.1, 0.15) is 12.4 Å². The second kappa shape index (κ2) is 6.38. The van der Waals surface area contributed by atoms with Crippen LogP contribution in [0.25, 0.3) is 0 Å². The van der Waals surface area contributed by atoms with E-state index in [2.05, 4.69) is 15.9 Å². The number of rotatable bonds is 5. The van der Waals surface area contributed by atoms with Gasteiger partial charge in [-0.1, -0.05) is 22.0 Å². The molecule has 0 amide bonds. The first kappa shape index (κ1) is 12.9. The molecule has 0 bridgehead atoms. The van der Waals surface area contributed by atoms with Gasteiger partial charge < -0.3 is 15.2 Å². The number of ether oxygens (including phenoxy) is 2. The Balaban J connectivity index is 1.63. The Morgan fingerprint density at radius 3 is 2.88 bits per heavy atom. The third-order valence-electron chi connectivity index (χ3n) is 2.93. The smallest absolute Gasteiger partial charge is 0.120 e. The summed E-state index contributed by atoms with van der Waals surface area (Å²) in [6, 6.07) is 8.15. The van der Waals surface area contributed by atoms with Crippen molar-refractivity contribution in [3.63, 3.8) is 0 Å². The molecule has 1 aliphatic rings. The molecule has 1 aliphatic carbocycles. The highest BCUT2D eigenvalue weighted by Gasteiger charge is 2.21. The summed E-state index contributed by atoms with van der Waals surface area (Å²) in [5.41, 5.74) is 5.82. The van der Waals surface area contributed by atoms with Gasteiger partial charge in [0.25, 0.3) is 0 Å². The molecule has 2 rings (SSSR count). The van der Waals surface area contributed by atoms with Crippen molar-refractivity contribution in [3.8, 4) is 5.75 Å². The zero-order chi connectivity index (χ0) is 12.1. The van der Waals surface area contributed by atoms with Crippen LogP contribution >= 0.6 is 15.9 Å². The van der Waals surface area contributed by atoms with Gasteiger partial charge in [0, 0.05) is 10.5 Å². The van der Waals surface area contributed by atoms with Crippen LogP contribution in [0, 0.1) is 0 Å². The molecule has 2 atom stereocenters. The Bertz CT molecular complexity index is 359. The highest BCUT2D eigenvalue weighted by atomic mass is 79.9. The van der Waals surface area contributed by atoms with Crippen LogP contribution in [0.5, 0.6) is 5.75 Å². The van der Waals surface area contributed by atoms with E-state index in [1.54, 1.807) is 0 Å². The molecule has 0 radical (unpaired) electrons. The van der Waals surface area contributed by atoms with Gasteiger partial charge in [0.2, 0.25) is 0 Å². The van der Waals surface area contributed by atoms with Crippen LogP contribution in [0.15, 0.2) is 28.7 Å². The minimum atomic E-state index is 0.325. The largest absolute Gasteiger partial charge is 0.491 e. The standard InChI is InChI=1S/C13H18BrNO2/c14-10-2-1-3-12(8-10)16-6-7-17-13-5-4-11(15)9-13/h1-3,8,11,13H,4-7,9,15H2. The maximum Gasteiger partial charge on any atom is 0.120 e. The van der Waals surface area contributed by atoms with E-state index in [0.29, 0.717) is 25.4 Å². The fraction of sp³-hybridized carbons (Fsp3) is 0.538. The quantitative estimate of drug-likeness (QED) is 0.850. The number of hydrogen-bond acceptors (Lipinski definition) is 3. The zero-order valence-electron chi connectivity index (χ0n) is 9.77. The van der Waals surface area contributed by atoms with Crippen molar-refractivity contribution in [2.45, 2.75) is 31.4 Å². The molecular formula is C13H18BrNO2. The third-order valence-corrected chi connectivity index (χ3v) is 3.42. The van der Waals surface area contributed by atoms with Gasteiger partial charge in [-0.05, 0) is 37.5 Å². The van der Waals surface area contributed by atoms with E-state index >= 15 is 0 Å². The van der Waals surface area contributed by atoms with E-state index in [1.807, 2.05) is 24.3 Å². The fourth-order valence-corrected chi connectivity index (χ4v) is 2.43. The van der Waals surface area contributed by atoms with Crippen LogP contribution in [0.1, 0.15) is 19.3 Å². The molecule has 1 aromatic rings. The predicted molar refractivity (Wildman–Crippen MR) is 71.2 cm³/mol. The lowest BCUT2D eigenvalue weighted by Gasteiger charge is -2.12. The molecule has 0 heterocycles. The molecule has 3 nitrogen and oxygen atoms in total.